The molecule has 0 bridgehead atoms. The molecular formula is C12H8Cl6N2. The van der Waals surface area contributed by atoms with Crippen LogP contribution in [0, 0.1) is 6.92 Å². The molecule has 0 aliphatic rings. The molecule has 0 amide bonds. The van der Waals surface area contributed by atoms with Crippen LogP contribution in [-0.4, -0.2) is 9.97 Å². The van der Waals surface area contributed by atoms with Crippen LogP contribution in [0.5, 0.6) is 0 Å². The number of hydrogen-bond donors (Lipinski definition) is 0. The van der Waals surface area contributed by atoms with Gasteiger partial charge in [0.1, 0.15) is 15.1 Å². The summed E-state index contributed by atoms with van der Waals surface area (Å²) in [6, 6.07) is 3.36. The molecule has 2 rings (SSSR count). The van der Waals surface area contributed by atoms with Crippen LogP contribution in [0.15, 0.2) is 24.5 Å². The lowest BCUT2D eigenvalue weighted by Crippen LogP contribution is -1.86. The zero-order chi connectivity index (χ0) is 15.3. The third-order valence-corrected chi connectivity index (χ3v) is 3.64. The van der Waals surface area contributed by atoms with E-state index in [1.807, 2.05) is 6.92 Å². The Morgan fingerprint density at radius 3 is 1.75 bits per heavy atom. The van der Waals surface area contributed by atoms with Crippen LogP contribution >= 0.6 is 69.6 Å². The molecule has 2 nitrogen and oxygen atoms in total. The Bertz CT molecular complexity index is 588. The second-order valence-corrected chi connectivity index (χ2v) is 6.28. The second-order valence-electron chi connectivity index (χ2n) is 3.60. The lowest BCUT2D eigenvalue weighted by atomic mass is 10.3. The van der Waals surface area contributed by atoms with E-state index < -0.39 is 4.84 Å². The van der Waals surface area contributed by atoms with E-state index in [4.69, 9.17) is 69.6 Å². The van der Waals surface area contributed by atoms with Gasteiger partial charge < -0.3 is 0 Å². The molecule has 0 atom stereocenters. The largest absolute Gasteiger partial charge is 0.243 e. The number of aromatic nitrogens is 2. The van der Waals surface area contributed by atoms with Crippen molar-refractivity contribution in [2.24, 2.45) is 0 Å². The summed E-state index contributed by atoms with van der Waals surface area (Å²) >= 11 is 33.6. The van der Waals surface area contributed by atoms with E-state index in [9.17, 15) is 0 Å². The molecular weight excluding hydrogens is 385 g/mol. The molecule has 0 aliphatic heterocycles. The predicted molar refractivity (Wildman–Crippen MR) is 87.7 cm³/mol. The van der Waals surface area contributed by atoms with Gasteiger partial charge in [-0.05, 0) is 24.6 Å². The van der Waals surface area contributed by atoms with Gasteiger partial charge in [-0.25, -0.2) is 9.97 Å². The number of halogens is 6. The summed E-state index contributed by atoms with van der Waals surface area (Å²) in [5.41, 5.74) is 1.44. The summed E-state index contributed by atoms with van der Waals surface area (Å²) in [5.74, 6) is 0. The summed E-state index contributed by atoms with van der Waals surface area (Å²) in [7, 11) is 0. The number of rotatable bonds is 1. The molecule has 2 heterocycles. The van der Waals surface area contributed by atoms with Crippen LogP contribution < -0.4 is 0 Å². The smallest absolute Gasteiger partial charge is 0.135 e. The third kappa shape index (κ3) is 5.80. The van der Waals surface area contributed by atoms with E-state index >= 15 is 0 Å². The molecule has 0 aromatic carbocycles. The molecule has 0 aliphatic carbocycles. The molecule has 2 aromatic rings. The zero-order valence-electron chi connectivity index (χ0n) is 10.0. The van der Waals surface area contributed by atoms with E-state index in [1.165, 1.54) is 12.4 Å². The summed E-state index contributed by atoms with van der Waals surface area (Å²) in [5, 5.41) is 1.89. The quantitative estimate of drug-likeness (QED) is 0.405. The van der Waals surface area contributed by atoms with Crippen molar-refractivity contribution in [2.75, 3.05) is 0 Å². The highest BCUT2D eigenvalue weighted by molar-refractivity contribution is 6.45. The molecule has 2 aromatic heterocycles. The summed E-state index contributed by atoms with van der Waals surface area (Å²) in [6.07, 6.45) is 2.96. The van der Waals surface area contributed by atoms with Crippen molar-refractivity contribution >= 4 is 69.6 Å². The Balaban J connectivity index is 0.000000204. The summed E-state index contributed by atoms with van der Waals surface area (Å²) < 4.78 is 0. The Morgan fingerprint density at radius 2 is 1.35 bits per heavy atom. The fourth-order valence-corrected chi connectivity index (χ4v) is 2.25. The van der Waals surface area contributed by atoms with E-state index in [-0.39, 0.29) is 5.15 Å². The predicted octanol–water partition coefficient (Wildman–Crippen LogP) is 6.56. The van der Waals surface area contributed by atoms with E-state index in [1.54, 1.807) is 12.1 Å². The van der Waals surface area contributed by atoms with Crippen LogP contribution in [0.3, 0.4) is 0 Å². The normalized spacial score (nSPS) is 10.2. The van der Waals surface area contributed by atoms with Crippen molar-refractivity contribution in [3.8, 4) is 0 Å². The highest BCUT2D eigenvalue weighted by Crippen LogP contribution is 2.31. The van der Waals surface area contributed by atoms with Gasteiger partial charge in [-0.2, -0.15) is 0 Å². The van der Waals surface area contributed by atoms with Crippen LogP contribution in [0.2, 0.25) is 20.4 Å². The van der Waals surface area contributed by atoms with Gasteiger partial charge in [0.15, 0.2) is 0 Å². The molecule has 0 unspecified atom stereocenters. The van der Waals surface area contributed by atoms with E-state index in [2.05, 4.69) is 9.97 Å². The van der Waals surface area contributed by atoms with Gasteiger partial charge in [-0.3, -0.25) is 0 Å². The fourth-order valence-electron chi connectivity index (χ4n) is 1.12. The monoisotopic (exact) mass is 390 g/mol. The maximum Gasteiger partial charge on any atom is 0.135 e. The van der Waals surface area contributed by atoms with Crippen LogP contribution in [-0.2, 0) is 0 Å². The Hall–Kier alpha value is 0.0400. The molecule has 0 saturated carbocycles. The number of nitrogens with zero attached hydrogens (tertiary/aromatic N) is 2. The third-order valence-electron chi connectivity index (χ3n) is 2.05. The van der Waals surface area contributed by atoms with E-state index in [0.717, 1.165) is 5.56 Å². The SMILES string of the molecule is Cc1cc(Cl)cnc1Cl.Clc1cnc(Cl)c(C(Cl)Cl)c1. The Morgan fingerprint density at radius 1 is 0.850 bits per heavy atom. The van der Waals surface area contributed by atoms with Crippen molar-refractivity contribution < 1.29 is 0 Å². The number of aryl methyl sites for hydroxylation is 1. The maximum atomic E-state index is 5.65. The lowest BCUT2D eigenvalue weighted by molar-refractivity contribution is 1.23. The molecule has 0 radical (unpaired) electrons. The minimum atomic E-state index is -0.686. The first kappa shape index (κ1) is 18.1. The Kier molecular flexibility index (Phi) is 7.67. The summed E-state index contributed by atoms with van der Waals surface area (Å²) in [6.45, 7) is 1.86. The standard InChI is InChI=1S/C6H3Cl4N.C6H5Cl2N/c7-3-1-4(5(8)9)6(10)11-2-3;1-4-2-5(7)3-9-6(4)8/h1-2,5H;2-3H,1H3. The van der Waals surface area contributed by atoms with Gasteiger partial charge >= 0.3 is 0 Å². The molecule has 0 saturated heterocycles. The molecule has 20 heavy (non-hydrogen) atoms. The minimum Gasteiger partial charge on any atom is -0.243 e. The average Bonchev–Trinajstić information content (AvgIpc) is 2.38. The molecule has 108 valence electrons. The van der Waals surface area contributed by atoms with Gasteiger partial charge in [-0.15, -0.1) is 0 Å². The highest BCUT2D eigenvalue weighted by Gasteiger charge is 2.09. The Labute approximate surface area is 146 Å². The fraction of sp³-hybridized carbons (Fsp3) is 0.167. The van der Waals surface area contributed by atoms with Gasteiger partial charge in [-0.1, -0.05) is 69.6 Å². The number of pyridine rings is 2. The summed E-state index contributed by atoms with van der Waals surface area (Å²) in [4.78, 5) is 6.89. The first-order chi connectivity index (χ1) is 9.31. The van der Waals surface area contributed by atoms with Crippen molar-refractivity contribution in [2.45, 2.75) is 11.8 Å². The van der Waals surface area contributed by atoms with Gasteiger partial charge in [0.25, 0.3) is 0 Å². The lowest BCUT2D eigenvalue weighted by Gasteiger charge is -2.02. The molecule has 0 spiro atoms. The second kappa shape index (κ2) is 8.47. The molecule has 8 heteroatoms. The van der Waals surface area contributed by atoms with Gasteiger partial charge in [0.05, 0.1) is 10.0 Å². The van der Waals surface area contributed by atoms with Crippen LogP contribution in [0.4, 0.5) is 0 Å². The zero-order valence-corrected chi connectivity index (χ0v) is 14.6. The van der Waals surface area contributed by atoms with Crippen molar-refractivity contribution in [1.29, 1.82) is 0 Å². The first-order valence-electron chi connectivity index (χ1n) is 5.18. The van der Waals surface area contributed by atoms with Gasteiger partial charge in [0.2, 0.25) is 0 Å². The molecule has 0 N–H and O–H groups in total. The highest BCUT2D eigenvalue weighted by atomic mass is 35.5. The topological polar surface area (TPSA) is 25.8 Å². The number of alkyl halides is 2. The average molecular weight is 393 g/mol. The minimum absolute atomic E-state index is 0.282. The van der Waals surface area contributed by atoms with Gasteiger partial charge in [0, 0.05) is 18.0 Å². The maximum absolute atomic E-state index is 5.65. The van der Waals surface area contributed by atoms with E-state index in [0.29, 0.717) is 20.8 Å². The van der Waals surface area contributed by atoms with Crippen molar-refractivity contribution in [3.05, 3.63) is 56.0 Å². The van der Waals surface area contributed by atoms with Crippen LogP contribution in [0.1, 0.15) is 16.0 Å². The number of hydrogen-bond acceptors (Lipinski definition) is 2. The van der Waals surface area contributed by atoms with Crippen molar-refractivity contribution in [1.82, 2.24) is 9.97 Å². The van der Waals surface area contributed by atoms with Crippen LogP contribution in [0.25, 0.3) is 0 Å². The van der Waals surface area contributed by atoms with Crippen molar-refractivity contribution in [3.63, 3.8) is 0 Å². The first-order valence-corrected chi connectivity index (χ1v) is 7.56. The molecule has 0 fully saturated rings.